The average molecular weight is 265 g/mol. The highest BCUT2D eigenvalue weighted by atomic mass is 15.2. The third-order valence-corrected chi connectivity index (χ3v) is 4.28. The maximum atomic E-state index is 2.57. The Labute approximate surface area is 122 Å². The van der Waals surface area contributed by atoms with Crippen molar-refractivity contribution in [1.82, 2.24) is 4.90 Å². The van der Waals surface area contributed by atoms with Crippen LogP contribution in [0.25, 0.3) is 0 Å². The van der Waals surface area contributed by atoms with Gasteiger partial charge in [0.2, 0.25) is 0 Å². The molecule has 0 aliphatic carbocycles. The number of nitrogens with zero attached hydrogens (tertiary/aromatic N) is 1. The second kappa shape index (κ2) is 6.23. The molecule has 0 bridgehead atoms. The Morgan fingerprint density at radius 3 is 1.85 bits per heavy atom. The van der Waals surface area contributed by atoms with Crippen molar-refractivity contribution < 1.29 is 0 Å². The maximum Gasteiger partial charge on any atom is 0.0101 e. The SMILES string of the molecule is CC1CN(CCC(c2ccccc2)c2ccccc2)C1. The molecule has 2 aromatic rings. The van der Waals surface area contributed by atoms with Crippen molar-refractivity contribution in [3.05, 3.63) is 71.8 Å². The van der Waals surface area contributed by atoms with Gasteiger partial charge in [0.25, 0.3) is 0 Å². The van der Waals surface area contributed by atoms with Crippen LogP contribution in [-0.2, 0) is 0 Å². The van der Waals surface area contributed by atoms with Crippen LogP contribution in [0.1, 0.15) is 30.4 Å². The van der Waals surface area contributed by atoms with Crippen molar-refractivity contribution in [3.8, 4) is 0 Å². The van der Waals surface area contributed by atoms with Gasteiger partial charge in [0, 0.05) is 19.0 Å². The topological polar surface area (TPSA) is 3.24 Å². The number of hydrogen-bond donors (Lipinski definition) is 0. The predicted octanol–water partition coefficient (Wildman–Crippen LogP) is 4.16. The van der Waals surface area contributed by atoms with Gasteiger partial charge in [0.05, 0.1) is 0 Å². The normalized spacial score (nSPS) is 16.3. The summed E-state index contributed by atoms with van der Waals surface area (Å²) in [6, 6.07) is 21.8. The predicted molar refractivity (Wildman–Crippen MR) is 84.9 cm³/mol. The Morgan fingerprint density at radius 2 is 1.40 bits per heavy atom. The molecule has 1 aliphatic rings. The molecule has 20 heavy (non-hydrogen) atoms. The summed E-state index contributed by atoms with van der Waals surface area (Å²) in [5.41, 5.74) is 2.87. The van der Waals surface area contributed by atoms with E-state index in [0.29, 0.717) is 5.92 Å². The summed E-state index contributed by atoms with van der Waals surface area (Å²) < 4.78 is 0. The first kappa shape index (κ1) is 13.4. The van der Waals surface area contributed by atoms with Crippen LogP contribution < -0.4 is 0 Å². The second-order valence-electron chi connectivity index (χ2n) is 6.03. The molecule has 0 aromatic heterocycles. The van der Waals surface area contributed by atoms with E-state index in [9.17, 15) is 0 Å². The highest BCUT2D eigenvalue weighted by Gasteiger charge is 2.23. The summed E-state index contributed by atoms with van der Waals surface area (Å²) >= 11 is 0. The quantitative estimate of drug-likeness (QED) is 0.784. The first-order valence-corrected chi connectivity index (χ1v) is 7.65. The summed E-state index contributed by atoms with van der Waals surface area (Å²) in [7, 11) is 0. The largest absolute Gasteiger partial charge is 0.303 e. The summed E-state index contributed by atoms with van der Waals surface area (Å²) in [4.78, 5) is 2.57. The van der Waals surface area contributed by atoms with Crippen LogP contribution in [0.5, 0.6) is 0 Å². The van der Waals surface area contributed by atoms with Crippen molar-refractivity contribution in [2.45, 2.75) is 19.3 Å². The van der Waals surface area contributed by atoms with Crippen LogP contribution in [0.2, 0.25) is 0 Å². The Hall–Kier alpha value is -1.60. The lowest BCUT2D eigenvalue weighted by Crippen LogP contribution is -2.45. The van der Waals surface area contributed by atoms with Crippen LogP contribution in [-0.4, -0.2) is 24.5 Å². The Balaban J connectivity index is 1.74. The minimum Gasteiger partial charge on any atom is -0.303 e. The standard InChI is InChI=1S/C19H23N/c1-16-14-20(15-16)13-12-19(17-8-4-2-5-9-17)18-10-6-3-7-11-18/h2-11,16,19H,12-15H2,1H3. The van der Waals surface area contributed by atoms with Gasteiger partial charge in [-0.2, -0.15) is 0 Å². The molecule has 1 heteroatoms. The zero-order valence-electron chi connectivity index (χ0n) is 12.2. The Morgan fingerprint density at radius 1 is 0.900 bits per heavy atom. The molecule has 104 valence electrons. The Kier molecular flexibility index (Phi) is 4.17. The number of hydrogen-bond acceptors (Lipinski definition) is 1. The molecular weight excluding hydrogens is 242 g/mol. The monoisotopic (exact) mass is 265 g/mol. The molecule has 1 heterocycles. The molecule has 0 N–H and O–H groups in total. The molecule has 1 nitrogen and oxygen atoms in total. The van der Waals surface area contributed by atoms with E-state index >= 15 is 0 Å². The van der Waals surface area contributed by atoms with E-state index in [1.54, 1.807) is 0 Å². The number of benzene rings is 2. The zero-order chi connectivity index (χ0) is 13.8. The molecule has 0 unspecified atom stereocenters. The number of rotatable bonds is 5. The van der Waals surface area contributed by atoms with Gasteiger partial charge >= 0.3 is 0 Å². The minimum atomic E-state index is 0.522. The van der Waals surface area contributed by atoms with E-state index in [-0.39, 0.29) is 0 Å². The van der Waals surface area contributed by atoms with Gasteiger partial charge in [-0.25, -0.2) is 0 Å². The molecular formula is C19H23N. The lowest BCUT2D eigenvalue weighted by molar-refractivity contribution is 0.110. The van der Waals surface area contributed by atoms with E-state index in [2.05, 4.69) is 72.5 Å². The van der Waals surface area contributed by atoms with Crippen molar-refractivity contribution in [1.29, 1.82) is 0 Å². The van der Waals surface area contributed by atoms with Crippen LogP contribution in [0.4, 0.5) is 0 Å². The third-order valence-electron chi connectivity index (χ3n) is 4.28. The van der Waals surface area contributed by atoms with E-state index in [1.807, 2.05) is 0 Å². The lowest BCUT2D eigenvalue weighted by Gasteiger charge is -2.38. The molecule has 0 amide bonds. The first-order valence-electron chi connectivity index (χ1n) is 7.65. The highest BCUT2D eigenvalue weighted by Crippen LogP contribution is 2.29. The molecule has 2 aromatic carbocycles. The molecule has 0 atom stereocenters. The van der Waals surface area contributed by atoms with E-state index < -0.39 is 0 Å². The molecule has 0 spiro atoms. The van der Waals surface area contributed by atoms with Gasteiger partial charge in [-0.1, -0.05) is 67.6 Å². The van der Waals surface area contributed by atoms with E-state index in [0.717, 1.165) is 5.92 Å². The summed E-state index contributed by atoms with van der Waals surface area (Å²) in [5.74, 6) is 1.41. The molecule has 3 rings (SSSR count). The van der Waals surface area contributed by atoms with Crippen molar-refractivity contribution in [2.24, 2.45) is 5.92 Å². The van der Waals surface area contributed by atoms with Crippen LogP contribution in [0.15, 0.2) is 60.7 Å². The van der Waals surface area contributed by atoms with Crippen LogP contribution in [0.3, 0.4) is 0 Å². The molecule has 1 saturated heterocycles. The molecule has 0 radical (unpaired) electrons. The minimum absolute atomic E-state index is 0.522. The van der Waals surface area contributed by atoms with E-state index in [4.69, 9.17) is 0 Å². The summed E-state index contributed by atoms with van der Waals surface area (Å²) in [6.07, 6.45) is 1.21. The van der Waals surface area contributed by atoms with Gasteiger partial charge in [0.15, 0.2) is 0 Å². The van der Waals surface area contributed by atoms with Gasteiger partial charge in [0.1, 0.15) is 0 Å². The fourth-order valence-electron chi connectivity index (χ4n) is 3.22. The van der Waals surface area contributed by atoms with Crippen LogP contribution in [0, 0.1) is 5.92 Å². The molecule has 0 saturated carbocycles. The first-order chi connectivity index (χ1) is 9.83. The van der Waals surface area contributed by atoms with Crippen molar-refractivity contribution in [2.75, 3.05) is 19.6 Å². The van der Waals surface area contributed by atoms with E-state index in [1.165, 1.54) is 37.2 Å². The zero-order valence-corrected chi connectivity index (χ0v) is 12.2. The fourth-order valence-corrected chi connectivity index (χ4v) is 3.22. The van der Waals surface area contributed by atoms with Gasteiger partial charge in [-0.05, 0) is 30.0 Å². The fraction of sp³-hybridized carbons (Fsp3) is 0.368. The lowest BCUT2D eigenvalue weighted by atomic mass is 9.88. The highest BCUT2D eigenvalue weighted by molar-refractivity contribution is 5.32. The number of likely N-dealkylation sites (tertiary alicyclic amines) is 1. The van der Waals surface area contributed by atoms with Crippen LogP contribution >= 0.6 is 0 Å². The maximum absolute atomic E-state index is 2.57. The van der Waals surface area contributed by atoms with Gasteiger partial charge in [-0.3, -0.25) is 0 Å². The van der Waals surface area contributed by atoms with Crippen molar-refractivity contribution >= 4 is 0 Å². The molecule has 1 fully saturated rings. The molecule has 1 aliphatic heterocycles. The van der Waals surface area contributed by atoms with Gasteiger partial charge in [-0.15, -0.1) is 0 Å². The third kappa shape index (κ3) is 3.10. The summed E-state index contributed by atoms with van der Waals surface area (Å²) in [6.45, 7) is 6.09. The smallest absolute Gasteiger partial charge is 0.0101 e. The van der Waals surface area contributed by atoms with Gasteiger partial charge < -0.3 is 4.90 Å². The van der Waals surface area contributed by atoms with Crippen molar-refractivity contribution in [3.63, 3.8) is 0 Å². The average Bonchev–Trinajstić information content (AvgIpc) is 2.48. The summed E-state index contributed by atoms with van der Waals surface area (Å²) in [5, 5.41) is 0. The Bertz CT molecular complexity index is 474. The second-order valence-corrected chi connectivity index (χ2v) is 6.03.